The molecule has 1 N–H and O–H groups in total. The van der Waals surface area contributed by atoms with E-state index in [1.54, 1.807) is 16.4 Å². The van der Waals surface area contributed by atoms with Crippen molar-refractivity contribution in [1.29, 1.82) is 0 Å². The number of rotatable bonds is 2. The number of aryl methyl sites for hydroxylation is 1. The van der Waals surface area contributed by atoms with E-state index in [0.717, 1.165) is 37.9 Å². The molecule has 0 unspecified atom stereocenters. The molecular weight excluding hydrogens is 308 g/mol. The molecule has 118 valence electrons. The van der Waals surface area contributed by atoms with Gasteiger partial charge in [0.25, 0.3) is 0 Å². The summed E-state index contributed by atoms with van der Waals surface area (Å²) in [6.45, 7) is 5.24. The van der Waals surface area contributed by atoms with E-state index in [1.165, 1.54) is 0 Å². The van der Waals surface area contributed by atoms with Crippen LogP contribution in [0.5, 0.6) is 0 Å². The Kier molecular flexibility index (Phi) is 4.98. The molecule has 21 heavy (non-hydrogen) atoms. The van der Waals surface area contributed by atoms with Gasteiger partial charge in [-0.25, -0.2) is 8.42 Å². The quantitative estimate of drug-likeness (QED) is 0.904. The van der Waals surface area contributed by atoms with Gasteiger partial charge in [-0.1, -0.05) is 18.2 Å². The minimum atomic E-state index is -3.33. The summed E-state index contributed by atoms with van der Waals surface area (Å²) in [5.74, 6) is 0. The van der Waals surface area contributed by atoms with Gasteiger partial charge in [0.2, 0.25) is 10.0 Å². The van der Waals surface area contributed by atoms with Crippen molar-refractivity contribution in [2.45, 2.75) is 31.1 Å². The average Bonchev–Trinajstić information content (AvgIpc) is 2.84. The van der Waals surface area contributed by atoms with Crippen molar-refractivity contribution in [2.75, 3.05) is 26.2 Å². The topological polar surface area (TPSA) is 49.4 Å². The van der Waals surface area contributed by atoms with E-state index in [4.69, 9.17) is 0 Å². The van der Waals surface area contributed by atoms with Crippen molar-refractivity contribution in [3.05, 3.63) is 29.8 Å². The molecule has 0 bridgehead atoms. The lowest BCUT2D eigenvalue weighted by Crippen LogP contribution is -2.39. The smallest absolute Gasteiger partial charge is 0.243 e. The van der Waals surface area contributed by atoms with Gasteiger partial charge < -0.3 is 5.32 Å². The van der Waals surface area contributed by atoms with Crippen LogP contribution >= 0.6 is 12.4 Å². The highest BCUT2D eigenvalue weighted by Crippen LogP contribution is 2.40. The lowest BCUT2D eigenvalue weighted by molar-refractivity contribution is 0.218. The number of nitrogens with zero attached hydrogens (tertiary/aromatic N) is 1. The predicted molar refractivity (Wildman–Crippen MR) is 86.3 cm³/mol. The highest BCUT2D eigenvalue weighted by Gasteiger charge is 2.43. The monoisotopic (exact) mass is 330 g/mol. The maximum Gasteiger partial charge on any atom is 0.243 e. The lowest BCUT2D eigenvalue weighted by atomic mass is 9.78. The number of hydrogen-bond donors (Lipinski definition) is 1. The van der Waals surface area contributed by atoms with Gasteiger partial charge in [-0.2, -0.15) is 4.31 Å². The summed E-state index contributed by atoms with van der Waals surface area (Å²) in [5.41, 5.74) is 1.04. The van der Waals surface area contributed by atoms with Crippen LogP contribution in [0.4, 0.5) is 0 Å². The largest absolute Gasteiger partial charge is 0.317 e. The normalized spacial score (nSPS) is 22.1. The molecule has 2 aliphatic rings. The van der Waals surface area contributed by atoms with E-state index in [1.807, 2.05) is 19.1 Å². The number of piperidine rings is 1. The molecule has 1 spiro atoms. The maximum absolute atomic E-state index is 12.8. The Hall–Kier alpha value is -0.620. The molecule has 0 aliphatic carbocycles. The molecule has 1 aromatic carbocycles. The zero-order chi connectivity index (χ0) is 14.2. The highest BCUT2D eigenvalue weighted by molar-refractivity contribution is 7.89. The Bertz CT molecular complexity index is 597. The van der Waals surface area contributed by atoms with E-state index in [-0.39, 0.29) is 17.8 Å². The first-order valence-electron chi connectivity index (χ1n) is 7.30. The van der Waals surface area contributed by atoms with Gasteiger partial charge in [-0.3, -0.25) is 0 Å². The van der Waals surface area contributed by atoms with Gasteiger partial charge in [0.05, 0.1) is 4.90 Å². The van der Waals surface area contributed by atoms with Gasteiger partial charge in [0.15, 0.2) is 0 Å². The molecule has 2 saturated heterocycles. The first kappa shape index (κ1) is 16.7. The molecule has 1 aromatic rings. The first-order chi connectivity index (χ1) is 9.54. The predicted octanol–water partition coefficient (Wildman–Crippen LogP) is 2.18. The molecule has 4 nitrogen and oxygen atoms in total. The molecule has 2 fully saturated rings. The molecule has 6 heteroatoms. The molecule has 0 atom stereocenters. The van der Waals surface area contributed by atoms with Crippen LogP contribution < -0.4 is 5.32 Å². The second-order valence-electron chi connectivity index (χ2n) is 6.10. The molecule has 0 amide bonds. The Morgan fingerprint density at radius 2 is 1.81 bits per heavy atom. The van der Waals surface area contributed by atoms with Crippen molar-refractivity contribution in [2.24, 2.45) is 5.41 Å². The van der Waals surface area contributed by atoms with Gasteiger partial charge in [-0.05, 0) is 56.3 Å². The van der Waals surface area contributed by atoms with Crippen LogP contribution in [0.2, 0.25) is 0 Å². The second-order valence-corrected chi connectivity index (χ2v) is 8.01. The Morgan fingerprint density at radius 3 is 2.48 bits per heavy atom. The first-order valence-corrected chi connectivity index (χ1v) is 8.74. The average molecular weight is 331 g/mol. The summed E-state index contributed by atoms with van der Waals surface area (Å²) >= 11 is 0. The highest BCUT2D eigenvalue weighted by atomic mass is 35.5. The fourth-order valence-electron chi connectivity index (χ4n) is 3.45. The Morgan fingerprint density at radius 1 is 1.14 bits per heavy atom. The van der Waals surface area contributed by atoms with Crippen LogP contribution in [0.15, 0.2) is 29.2 Å². The van der Waals surface area contributed by atoms with E-state index >= 15 is 0 Å². The number of sulfonamides is 1. The van der Waals surface area contributed by atoms with Crippen molar-refractivity contribution in [1.82, 2.24) is 9.62 Å². The van der Waals surface area contributed by atoms with Crippen LogP contribution in [-0.2, 0) is 10.0 Å². The Balaban J connectivity index is 0.00000161. The molecule has 2 aliphatic heterocycles. The van der Waals surface area contributed by atoms with Crippen LogP contribution in [0, 0.1) is 12.3 Å². The fraction of sp³-hybridized carbons (Fsp3) is 0.600. The summed E-state index contributed by atoms with van der Waals surface area (Å²) in [6.07, 6.45) is 3.18. The number of halogens is 1. The fourth-order valence-corrected chi connectivity index (χ4v) is 5.23. The van der Waals surface area contributed by atoms with Crippen LogP contribution in [0.3, 0.4) is 0 Å². The summed E-state index contributed by atoms with van der Waals surface area (Å²) in [6, 6.07) is 7.27. The van der Waals surface area contributed by atoms with E-state index in [9.17, 15) is 8.42 Å². The zero-order valence-electron chi connectivity index (χ0n) is 12.3. The third kappa shape index (κ3) is 3.11. The summed E-state index contributed by atoms with van der Waals surface area (Å²) < 4.78 is 27.3. The van der Waals surface area contributed by atoms with Gasteiger partial charge in [0, 0.05) is 13.1 Å². The van der Waals surface area contributed by atoms with E-state index in [2.05, 4.69) is 5.32 Å². The second kappa shape index (κ2) is 6.24. The lowest BCUT2D eigenvalue weighted by Gasteiger charge is -2.33. The molecule has 3 rings (SSSR count). The van der Waals surface area contributed by atoms with E-state index < -0.39 is 10.0 Å². The third-order valence-corrected chi connectivity index (χ3v) is 6.78. The SMILES string of the molecule is Cc1ccccc1S(=O)(=O)N1CCC2(CCNCC2)C1.Cl. The van der Waals surface area contributed by atoms with Crippen molar-refractivity contribution in [3.8, 4) is 0 Å². The molecular formula is C15H23ClN2O2S. The van der Waals surface area contributed by atoms with Crippen molar-refractivity contribution < 1.29 is 8.42 Å². The van der Waals surface area contributed by atoms with Gasteiger partial charge in [-0.15, -0.1) is 12.4 Å². The molecule has 0 aromatic heterocycles. The van der Waals surface area contributed by atoms with Crippen molar-refractivity contribution >= 4 is 22.4 Å². The van der Waals surface area contributed by atoms with E-state index in [0.29, 0.717) is 18.0 Å². The van der Waals surface area contributed by atoms with Gasteiger partial charge in [0.1, 0.15) is 0 Å². The minimum Gasteiger partial charge on any atom is -0.317 e. The standard InChI is InChI=1S/C15H22N2O2S.ClH/c1-13-4-2-3-5-14(13)20(18,19)17-11-8-15(12-17)6-9-16-10-7-15;/h2-5,16H,6-12H2,1H3;1H. The molecule has 0 radical (unpaired) electrons. The molecule has 2 heterocycles. The maximum atomic E-state index is 12.8. The summed E-state index contributed by atoms with van der Waals surface area (Å²) in [5, 5.41) is 3.36. The Labute approximate surface area is 133 Å². The third-order valence-electron chi connectivity index (χ3n) is 4.78. The van der Waals surface area contributed by atoms with Crippen molar-refractivity contribution in [3.63, 3.8) is 0 Å². The van der Waals surface area contributed by atoms with Gasteiger partial charge >= 0.3 is 0 Å². The minimum absolute atomic E-state index is 0. The zero-order valence-corrected chi connectivity index (χ0v) is 14.0. The summed E-state index contributed by atoms with van der Waals surface area (Å²) in [7, 11) is -3.33. The summed E-state index contributed by atoms with van der Waals surface area (Å²) in [4.78, 5) is 0.464. The number of nitrogens with one attached hydrogen (secondary N) is 1. The van der Waals surface area contributed by atoms with Crippen LogP contribution in [-0.4, -0.2) is 38.9 Å². The number of benzene rings is 1. The number of hydrogen-bond acceptors (Lipinski definition) is 3. The van der Waals surface area contributed by atoms with Crippen LogP contribution in [0.25, 0.3) is 0 Å². The molecule has 0 saturated carbocycles. The van der Waals surface area contributed by atoms with Crippen LogP contribution in [0.1, 0.15) is 24.8 Å².